The van der Waals surface area contributed by atoms with Gasteiger partial charge in [0, 0.05) is 23.5 Å². The molecule has 5 nitrogen and oxygen atoms in total. The minimum absolute atomic E-state index is 0.193. The zero-order valence-electron chi connectivity index (χ0n) is 14.0. The number of methoxy groups -OCH3 is 1. The third-order valence-corrected chi connectivity index (χ3v) is 5.58. The van der Waals surface area contributed by atoms with Crippen LogP contribution in [0.2, 0.25) is 5.02 Å². The zero-order chi connectivity index (χ0) is 18.2. The average molecular weight is 380 g/mol. The molecule has 0 saturated heterocycles. The molecule has 0 radical (unpaired) electrons. The standard InChI is InChI=1S/C18H18ClNO4S/c1-24-17-11-13(19)5-7-15(17)18(21)20-9-3-4-12-10-14(25(2,22)23)6-8-16(12)20/h5-8,10-11H,3-4,9H2,1-2H3. The van der Waals surface area contributed by atoms with Crippen molar-refractivity contribution in [2.45, 2.75) is 17.7 Å². The second-order valence-corrected chi connectivity index (χ2v) is 8.42. The lowest BCUT2D eigenvalue weighted by molar-refractivity contribution is 0.0982. The van der Waals surface area contributed by atoms with Crippen LogP contribution in [0, 0.1) is 0 Å². The summed E-state index contributed by atoms with van der Waals surface area (Å²) in [7, 11) is -1.79. The second-order valence-electron chi connectivity index (χ2n) is 5.97. The fourth-order valence-electron chi connectivity index (χ4n) is 3.00. The van der Waals surface area contributed by atoms with Crippen LogP contribution in [0.1, 0.15) is 22.3 Å². The van der Waals surface area contributed by atoms with Crippen molar-refractivity contribution in [3.63, 3.8) is 0 Å². The molecule has 3 rings (SSSR count). The first-order chi connectivity index (χ1) is 11.8. The van der Waals surface area contributed by atoms with Crippen molar-refractivity contribution < 1.29 is 17.9 Å². The summed E-state index contributed by atoms with van der Waals surface area (Å²) < 4.78 is 28.8. The van der Waals surface area contributed by atoms with Crippen LogP contribution in [0.4, 0.5) is 5.69 Å². The predicted octanol–water partition coefficient (Wildman–Crippen LogP) is 3.35. The van der Waals surface area contributed by atoms with E-state index in [0.29, 0.717) is 22.9 Å². The number of ether oxygens (including phenoxy) is 1. The van der Waals surface area contributed by atoms with E-state index in [-0.39, 0.29) is 10.8 Å². The molecule has 0 spiro atoms. The third-order valence-electron chi connectivity index (χ3n) is 4.24. The Bertz CT molecular complexity index is 940. The second kappa shape index (κ2) is 6.69. The Labute approximate surface area is 152 Å². The molecule has 2 aromatic carbocycles. The molecule has 0 atom stereocenters. The highest BCUT2D eigenvalue weighted by molar-refractivity contribution is 7.90. The molecule has 25 heavy (non-hydrogen) atoms. The van der Waals surface area contributed by atoms with Crippen molar-refractivity contribution in [2.75, 3.05) is 24.8 Å². The number of carbonyl (C=O) groups excluding carboxylic acids is 1. The number of benzene rings is 2. The molecule has 7 heteroatoms. The zero-order valence-corrected chi connectivity index (χ0v) is 15.5. The van der Waals surface area contributed by atoms with Gasteiger partial charge in [0.1, 0.15) is 5.75 Å². The number of carbonyl (C=O) groups is 1. The lowest BCUT2D eigenvalue weighted by Gasteiger charge is -2.30. The molecule has 0 N–H and O–H groups in total. The smallest absolute Gasteiger partial charge is 0.262 e. The monoisotopic (exact) mass is 379 g/mol. The lowest BCUT2D eigenvalue weighted by atomic mass is 10.0. The van der Waals surface area contributed by atoms with Gasteiger partial charge < -0.3 is 9.64 Å². The quantitative estimate of drug-likeness (QED) is 0.820. The van der Waals surface area contributed by atoms with Crippen LogP contribution in [-0.4, -0.2) is 34.2 Å². The van der Waals surface area contributed by atoms with Gasteiger partial charge in [-0.05, 0) is 54.8 Å². The summed E-state index contributed by atoms with van der Waals surface area (Å²) in [6, 6.07) is 9.79. The number of hydrogen-bond acceptors (Lipinski definition) is 4. The topological polar surface area (TPSA) is 63.7 Å². The lowest BCUT2D eigenvalue weighted by Crippen LogP contribution is -2.35. The molecular weight excluding hydrogens is 362 g/mol. The number of rotatable bonds is 3. The Morgan fingerprint density at radius 1 is 1.20 bits per heavy atom. The predicted molar refractivity (Wildman–Crippen MR) is 97.6 cm³/mol. The largest absolute Gasteiger partial charge is 0.496 e. The van der Waals surface area contributed by atoms with Crippen molar-refractivity contribution in [1.29, 1.82) is 0 Å². The van der Waals surface area contributed by atoms with Gasteiger partial charge in [-0.15, -0.1) is 0 Å². The van der Waals surface area contributed by atoms with E-state index >= 15 is 0 Å². The van der Waals surface area contributed by atoms with Crippen LogP contribution >= 0.6 is 11.6 Å². The highest BCUT2D eigenvalue weighted by Crippen LogP contribution is 2.32. The SMILES string of the molecule is COc1cc(Cl)ccc1C(=O)N1CCCc2cc(S(C)(=O)=O)ccc21. The Morgan fingerprint density at radius 2 is 1.96 bits per heavy atom. The van der Waals surface area contributed by atoms with Gasteiger partial charge in [-0.3, -0.25) is 4.79 Å². The minimum atomic E-state index is -3.28. The first-order valence-electron chi connectivity index (χ1n) is 7.79. The molecule has 1 amide bonds. The fourth-order valence-corrected chi connectivity index (χ4v) is 3.84. The summed E-state index contributed by atoms with van der Waals surface area (Å²) in [6.45, 7) is 0.565. The normalized spacial score (nSPS) is 14.1. The number of fused-ring (bicyclic) bond motifs is 1. The van der Waals surface area contributed by atoms with Gasteiger partial charge in [0.15, 0.2) is 9.84 Å². The molecule has 132 valence electrons. The number of hydrogen-bond donors (Lipinski definition) is 0. The van der Waals surface area contributed by atoms with Gasteiger partial charge in [0.05, 0.1) is 17.6 Å². The van der Waals surface area contributed by atoms with E-state index in [1.54, 1.807) is 41.3 Å². The number of sulfone groups is 1. The van der Waals surface area contributed by atoms with Crippen LogP contribution in [0.15, 0.2) is 41.3 Å². The van der Waals surface area contributed by atoms with Gasteiger partial charge in [0.25, 0.3) is 5.91 Å². The number of aryl methyl sites for hydroxylation is 1. The van der Waals surface area contributed by atoms with E-state index in [1.165, 1.54) is 13.4 Å². The molecule has 0 fully saturated rings. The van der Waals surface area contributed by atoms with E-state index in [9.17, 15) is 13.2 Å². The van der Waals surface area contributed by atoms with Crippen molar-refractivity contribution >= 4 is 33.0 Å². The maximum absolute atomic E-state index is 13.0. The van der Waals surface area contributed by atoms with Crippen molar-refractivity contribution in [3.05, 3.63) is 52.5 Å². The van der Waals surface area contributed by atoms with E-state index in [2.05, 4.69) is 0 Å². The third kappa shape index (κ3) is 3.50. The van der Waals surface area contributed by atoms with Gasteiger partial charge in [-0.25, -0.2) is 8.42 Å². The van der Waals surface area contributed by atoms with Crippen LogP contribution in [-0.2, 0) is 16.3 Å². The Kier molecular flexibility index (Phi) is 4.75. The Morgan fingerprint density at radius 3 is 2.64 bits per heavy atom. The molecule has 1 aliphatic rings. The Balaban J connectivity index is 2.02. The highest BCUT2D eigenvalue weighted by atomic mass is 35.5. The molecule has 1 aliphatic heterocycles. The number of halogens is 1. The van der Waals surface area contributed by atoms with Crippen LogP contribution in [0.25, 0.3) is 0 Å². The van der Waals surface area contributed by atoms with E-state index < -0.39 is 9.84 Å². The molecule has 0 aliphatic carbocycles. The number of anilines is 1. The number of amides is 1. The maximum atomic E-state index is 13.0. The molecule has 0 unspecified atom stereocenters. The number of nitrogens with zero attached hydrogens (tertiary/aromatic N) is 1. The Hall–Kier alpha value is -2.05. The van der Waals surface area contributed by atoms with Crippen LogP contribution < -0.4 is 9.64 Å². The molecule has 2 aromatic rings. The van der Waals surface area contributed by atoms with Crippen molar-refractivity contribution in [1.82, 2.24) is 0 Å². The van der Waals surface area contributed by atoms with Crippen LogP contribution in [0.3, 0.4) is 0 Å². The van der Waals surface area contributed by atoms with Gasteiger partial charge in [0.2, 0.25) is 0 Å². The van der Waals surface area contributed by atoms with Crippen molar-refractivity contribution in [2.24, 2.45) is 0 Å². The fraction of sp³-hybridized carbons (Fsp3) is 0.278. The first-order valence-corrected chi connectivity index (χ1v) is 10.1. The summed E-state index contributed by atoms with van der Waals surface area (Å²) in [5, 5.41) is 0.491. The van der Waals surface area contributed by atoms with Crippen molar-refractivity contribution in [3.8, 4) is 5.75 Å². The van der Waals surface area contributed by atoms with Crippen LogP contribution in [0.5, 0.6) is 5.75 Å². The summed E-state index contributed by atoms with van der Waals surface area (Å²) in [5.41, 5.74) is 2.02. The summed E-state index contributed by atoms with van der Waals surface area (Å²) >= 11 is 5.97. The first kappa shape index (κ1) is 17.8. The average Bonchev–Trinajstić information content (AvgIpc) is 2.59. The highest BCUT2D eigenvalue weighted by Gasteiger charge is 2.26. The van der Waals surface area contributed by atoms with Gasteiger partial charge in [-0.2, -0.15) is 0 Å². The maximum Gasteiger partial charge on any atom is 0.262 e. The molecule has 1 heterocycles. The summed E-state index contributed by atoms with van der Waals surface area (Å²) in [6.07, 6.45) is 2.68. The minimum Gasteiger partial charge on any atom is -0.496 e. The molecule has 0 aromatic heterocycles. The summed E-state index contributed by atoms with van der Waals surface area (Å²) in [5.74, 6) is 0.221. The molecule has 0 saturated carbocycles. The van der Waals surface area contributed by atoms with E-state index in [1.807, 2.05) is 0 Å². The van der Waals surface area contributed by atoms with Gasteiger partial charge >= 0.3 is 0 Å². The van der Waals surface area contributed by atoms with Gasteiger partial charge in [-0.1, -0.05) is 11.6 Å². The molecular formula is C18H18ClNO4S. The van der Waals surface area contributed by atoms with E-state index in [0.717, 1.165) is 24.1 Å². The summed E-state index contributed by atoms with van der Waals surface area (Å²) in [4.78, 5) is 15.0. The van der Waals surface area contributed by atoms with E-state index in [4.69, 9.17) is 16.3 Å². The molecule has 0 bridgehead atoms.